The minimum Gasteiger partial charge on any atom is -0.399 e. The van der Waals surface area contributed by atoms with Crippen LogP contribution in [0.2, 0.25) is 0 Å². The maximum Gasteiger partial charge on any atom is 0.125 e. The van der Waals surface area contributed by atoms with E-state index in [0.717, 1.165) is 34.8 Å². The van der Waals surface area contributed by atoms with Crippen molar-refractivity contribution in [1.82, 2.24) is 4.98 Å². The number of hydrogen-bond acceptors (Lipinski definition) is 4. The van der Waals surface area contributed by atoms with Gasteiger partial charge in [0.25, 0.3) is 0 Å². The van der Waals surface area contributed by atoms with E-state index in [1.165, 1.54) is 25.7 Å². The summed E-state index contributed by atoms with van der Waals surface area (Å²) >= 11 is 1.71. The first-order valence-corrected chi connectivity index (χ1v) is 8.48. The molecule has 1 aromatic carbocycles. The van der Waals surface area contributed by atoms with Gasteiger partial charge in [0, 0.05) is 23.7 Å². The second kappa shape index (κ2) is 6.16. The Hall–Kier alpha value is -1.39. The van der Waals surface area contributed by atoms with Gasteiger partial charge >= 0.3 is 0 Å². The molecule has 1 fully saturated rings. The first kappa shape index (κ1) is 14.5. The number of methoxy groups -OCH3 is 1. The fourth-order valence-corrected chi connectivity index (χ4v) is 4.18. The zero-order chi connectivity index (χ0) is 14.7. The summed E-state index contributed by atoms with van der Waals surface area (Å²) in [6, 6.07) is 7.91. The molecule has 1 aliphatic rings. The first-order chi connectivity index (χ1) is 10.2. The highest BCUT2D eigenvalue weighted by molar-refractivity contribution is 7.10. The lowest BCUT2D eigenvalue weighted by molar-refractivity contribution is -0.0279. The van der Waals surface area contributed by atoms with Gasteiger partial charge in [0.2, 0.25) is 0 Å². The van der Waals surface area contributed by atoms with Crippen LogP contribution in [0.5, 0.6) is 0 Å². The molecule has 0 radical (unpaired) electrons. The fourth-order valence-electron chi connectivity index (χ4n) is 3.12. The molecule has 1 aliphatic carbocycles. The number of aromatic nitrogens is 1. The van der Waals surface area contributed by atoms with Crippen LogP contribution in [0.4, 0.5) is 5.69 Å². The van der Waals surface area contributed by atoms with Gasteiger partial charge in [0.1, 0.15) is 10.6 Å². The molecule has 2 aromatic rings. The molecule has 1 saturated carbocycles. The van der Waals surface area contributed by atoms with Gasteiger partial charge in [-0.25, -0.2) is 4.98 Å². The van der Waals surface area contributed by atoms with Gasteiger partial charge in [0.05, 0.1) is 5.69 Å². The molecule has 0 unspecified atom stereocenters. The Morgan fingerprint density at radius 2 is 1.95 bits per heavy atom. The van der Waals surface area contributed by atoms with Gasteiger partial charge in [-0.15, -0.1) is 11.3 Å². The van der Waals surface area contributed by atoms with Crippen LogP contribution < -0.4 is 5.73 Å². The van der Waals surface area contributed by atoms with E-state index < -0.39 is 0 Å². The molecule has 0 bridgehead atoms. The second-order valence-electron chi connectivity index (χ2n) is 5.78. The Bertz CT molecular complexity index is 600. The van der Waals surface area contributed by atoms with Crippen molar-refractivity contribution >= 4 is 17.0 Å². The average molecular weight is 302 g/mol. The second-order valence-corrected chi connectivity index (χ2v) is 6.63. The van der Waals surface area contributed by atoms with Crippen LogP contribution in [0.15, 0.2) is 29.6 Å². The number of nitrogen functional groups attached to an aromatic ring is 1. The summed E-state index contributed by atoms with van der Waals surface area (Å²) in [5, 5.41) is 3.24. The number of benzene rings is 1. The fraction of sp³-hybridized carbons (Fsp3) is 0.471. The van der Waals surface area contributed by atoms with E-state index in [1.54, 1.807) is 11.3 Å². The third-order valence-corrected chi connectivity index (χ3v) is 5.41. The number of anilines is 1. The molecule has 0 saturated heterocycles. The number of nitrogens with zero attached hydrogens (tertiary/aromatic N) is 1. The van der Waals surface area contributed by atoms with Crippen molar-refractivity contribution in [3.63, 3.8) is 0 Å². The highest BCUT2D eigenvalue weighted by Gasteiger charge is 2.35. The topological polar surface area (TPSA) is 48.1 Å². The zero-order valence-electron chi connectivity index (χ0n) is 12.5. The van der Waals surface area contributed by atoms with Crippen LogP contribution in [0, 0.1) is 0 Å². The summed E-state index contributed by atoms with van der Waals surface area (Å²) in [6.07, 6.45) is 7.21. The lowest BCUT2D eigenvalue weighted by Gasteiger charge is -2.29. The third kappa shape index (κ3) is 2.97. The van der Waals surface area contributed by atoms with E-state index in [-0.39, 0.29) is 5.60 Å². The summed E-state index contributed by atoms with van der Waals surface area (Å²) in [6.45, 7) is 0. The minimum absolute atomic E-state index is 0.181. The van der Waals surface area contributed by atoms with Crippen molar-refractivity contribution in [2.75, 3.05) is 12.8 Å². The molecular formula is C17H22N2OS. The predicted molar refractivity (Wildman–Crippen MR) is 88.4 cm³/mol. The molecule has 112 valence electrons. The molecule has 3 rings (SSSR count). The molecule has 0 aliphatic heterocycles. The van der Waals surface area contributed by atoms with Crippen molar-refractivity contribution in [3.8, 4) is 11.3 Å². The molecule has 0 spiro atoms. The van der Waals surface area contributed by atoms with Crippen LogP contribution in [0.3, 0.4) is 0 Å². The quantitative estimate of drug-likeness (QED) is 0.666. The summed E-state index contributed by atoms with van der Waals surface area (Å²) in [4.78, 5) is 4.87. The highest BCUT2D eigenvalue weighted by atomic mass is 32.1. The monoisotopic (exact) mass is 302 g/mol. The Labute approximate surface area is 130 Å². The van der Waals surface area contributed by atoms with Crippen molar-refractivity contribution in [1.29, 1.82) is 0 Å². The Morgan fingerprint density at radius 1 is 1.19 bits per heavy atom. The van der Waals surface area contributed by atoms with E-state index in [9.17, 15) is 0 Å². The van der Waals surface area contributed by atoms with E-state index in [0.29, 0.717) is 0 Å². The third-order valence-electron chi connectivity index (χ3n) is 4.38. The molecule has 21 heavy (non-hydrogen) atoms. The lowest BCUT2D eigenvalue weighted by atomic mass is 9.95. The normalized spacial score (nSPS) is 18.3. The number of nitrogens with two attached hydrogens (primary N) is 1. The largest absolute Gasteiger partial charge is 0.399 e. The molecule has 4 heteroatoms. The van der Waals surface area contributed by atoms with Crippen LogP contribution in [0.1, 0.15) is 43.5 Å². The smallest absolute Gasteiger partial charge is 0.125 e. The Morgan fingerprint density at radius 3 is 2.62 bits per heavy atom. The molecule has 2 N–H and O–H groups in total. The molecule has 0 atom stereocenters. The summed E-state index contributed by atoms with van der Waals surface area (Å²) in [5.41, 5.74) is 8.55. The van der Waals surface area contributed by atoms with Gasteiger partial charge < -0.3 is 10.5 Å². The predicted octanol–water partition coefficient (Wildman–Crippen LogP) is 4.59. The summed E-state index contributed by atoms with van der Waals surface area (Å²) < 4.78 is 5.94. The summed E-state index contributed by atoms with van der Waals surface area (Å²) in [7, 11) is 1.83. The maximum absolute atomic E-state index is 5.94. The average Bonchev–Trinajstić information content (AvgIpc) is 2.87. The molecule has 1 aromatic heterocycles. The van der Waals surface area contributed by atoms with E-state index in [2.05, 4.69) is 11.4 Å². The van der Waals surface area contributed by atoms with Gasteiger partial charge in [-0.1, -0.05) is 37.8 Å². The van der Waals surface area contributed by atoms with Crippen molar-refractivity contribution in [2.45, 2.75) is 44.1 Å². The molecule has 0 amide bonds. The van der Waals surface area contributed by atoms with Gasteiger partial charge in [-0.3, -0.25) is 0 Å². The SMILES string of the molecule is COC1(c2nc(-c3cccc(N)c3)cs2)CCCCCC1. The van der Waals surface area contributed by atoms with Gasteiger partial charge in [-0.05, 0) is 25.0 Å². The Kier molecular flexibility index (Phi) is 4.27. The number of ether oxygens (including phenoxy) is 1. The first-order valence-electron chi connectivity index (χ1n) is 7.61. The zero-order valence-corrected chi connectivity index (χ0v) is 13.3. The number of thiazole rings is 1. The van der Waals surface area contributed by atoms with Gasteiger partial charge in [0.15, 0.2) is 0 Å². The number of hydrogen-bond donors (Lipinski definition) is 1. The minimum atomic E-state index is -0.181. The van der Waals surface area contributed by atoms with Crippen LogP contribution in [0.25, 0.3) is 11.3 Å². The lowest BCUT2D eigenvalue weighted by Crippen LogP contribution is -2.27. The van der Waals surface area contributed by atoms with Gasteiger partial charge in [-0.2, -0.15) is 0 Å². The van der Waals surface area contributed by atoms with E-state index in [1.807, 2.05) is 25.3 Å². The molecular weight excluding hydrogens is 280 g/mol. The van der Waals surface area contributed by atoms with Crippen LogP contribution >= 0.6 is 11.3 Å². The maximum atomic E-state index is 5.94. The highest BCUT2D eigenvalue weighted by Crippen LogP contribution is 2.41. The number of rotatable bonds is 3. The van der Waals surface area contributed by atoms with Crippen LogP contribution in [-0.2, 0) is 10.3 Å². The summed E-state index contributed by atoms with van der Waals surface area (Å²) in [5.74, 6) is 0. The standard InChI is InChI=1S/C17H22N2OS/c1-20-17(9-4-2-3-5-10-17)16-19-15(12-21-16)13-7-6-8-14(18)11-13/h6-8,11-12H,2-5,9-10,18H2,1H3. The van der Waals surface area contributed by atoms with Crippen molar-refractivity contribution in [3.05, 3.63) is 34.7 Å². The van der Waals surface area contributed by atoms with E-state index >= 15 is 0 Å². The van der Waals surface area contributed by atoms with Crippen molar-refractivity contribution in [2.24, 2.45) is 0 Å². The van der Waals surface area contributed by atoms with Crippen LogP contribution in [-0.4, -0.2) is 12.1 Å². The van der Waals surface area contributed by atoms with Crippen molar-refractivity contribution < 1.29 is 4.74 Å². The molecule has 1 heterocycles. The molecule has 3 nitrogen and oxygen atoms in total. The van der Waals surface area contributed by atoms with E-state index in [4.69, 9.17) is 15.5 Å². The Balaban J connectivity index is 1.92.